The summed E-state index contributed by atoms with van der Waals surface area (Å²) in [5.41, 5.74) is 9.55. The second-order valence-electron chi connectivity index (χ2n) is 15.4. The zero-order chi connectivity index (χ0) is 45.7. The number of carbonyl (C=O) groups is 2. The summed E-state index contributed by atoms with van der Waals surface area (Å²) in [6.07, 6.45) is -0.198. The molecule has 2 N–H and O–H groups in total. The molecule has 0 bridgehead atoms. The predicted molar refractivity (Wildman–Crippen MR) is 248 cm³/mol. The fourth-order valence-electron chi connectivity index (χ4n) is 7.75. The molecule has 15 nitrogen and oxygen atoms in total. The largest absolute Gasteiger partial charge is 0.449 e. The Kier molecular flexibility index (Phi) is 23.2. The van der Waals surface area contributed by atoms with E-state index in [1.54, 1.807) is 0 Å². The van der Waals surface area contributed by atoms with Gasteiger partial charge in [-0.25, -0.2) is 9.59 Å². The van der Waals surface area contributed by atoms with Gasteiger partial charge in [-0.3, -0.25) is 0 Å². The number of ether oxygens (including phenoxy) is 11. The smallest absolute Gasteiger partial charge is 0.407 e. The zero-order valence-electron chi connectivity index (χ0n) is 38.0. The van der Waals surface area contributed by atoms with Crippen LogP contribution in [-0.4, -0.2) is 157 Å². The van der Waals surface area contributed by atoms with E-state index in [0.29, 0.717) is 145 Å². The van der Waals surface area contributed by atoms with Crippen LogP contribution in [0, 0.1) is 0 Å². The van der Waals surface area contributed by atoms with E-state index < -0.39 is 12.2 Å². The van der Waals surface area contributed by atoms with Gasteiger partial charge in [0.2, 0.25) is 0 Å². The third-order valence-corrected chi connectivity index (χ3v) is 10.9. The lowest BCUT2D eigenvalue weighted by Crippen LogP contribution is -2.29. The number of nitrogens with one attached hydrogen (secondary N) is 2. The molecule has 0 unspecified atom stereocenters. The van der Waals surface area contributed by atoms with Gasteiger partial charge >= 0.3 is 12.2 Å². The molecule has 4 aromatic carbocycles. The van der Waals surface area contributed by atoms with Crippen molar-refractivity contribution < 1.29 is 61.7 Å². The van der Waals surface area contributed by atoms with Gasteiger partial charge in [0.05, 0.1) is 112 Å². The van der Waals surface area contributed by atoms with Gasteiger partial charge in [0.1, 0.15) is 13.2 Å². The Labute approximate surface area is 388 Å². The first kappa shape index (κ1) is 50.5. The Bertz CT molecular complexity index is 1770. The van der Waals surface area contributed by atoms with E-state index in [9.17, 15) is 9.59 Å². The Balaban J connectivity index is 0.600. The molecule has 2 amide bonds. The summed E-state index contributed by atoms with van der Waals surface area (Å²) in [4.78, 5) is 24.6. The van der Waals surface area contributed by atoms with Crippen molar-refractivity contribution >= 4 is 12.2 Å². The summed E-state index contributed by atoms with van der Waals surface area (Å²) >= 11 is 0. The average molecular weight is 915 g/mol. The average Bonchev–Trinajstić information content (AvgIpc) is 3.85. The van der Waals surface area contributed by atoms with Crippen LogP contribution < -0.4 is 10.6 Å². The quantitative estimate of drug-likeness (QED) is 0.0476. The summed E-state index contributed by atoms with van der Waals surface area (Å²) < 4.78 is 61.0. The molecule has 0 saturated heterocycles. The van der Waals surface area contributed by atoms with E-state index in [2.05, 4.69) is 59.2 Å². The molecule has 15 heteroatoms. The van der Waals surface area contributed by atoms with Crippen molar-refractivity contribution in [3.8, 4) is 22.3 Å². The van der Waals surface area contributed by atoms with E-state index >= 15 is 0 Å². The maximum absolute atomic E-state index is 12.3. The van der Waals surface area contributed by atoms with Crippen LogP contribution in [0.2, 0.25) is 0 Å². The minimum atomic E-state index is -0.456. The maximum atomic E-state index is 12.3. The van der Waals surface area contributed by atoms with Crippen molar-refractivity contribution in [1.29, 1.82) is 0 Å². The molecule has 2 aliphatic carbocycles. The van der Waals surface area contributed by atoms with Crippen LogP contribution in [0.25, 0.3) is 22.3 Å². The number of hydrogen-bond acceptors (Lipinski definition) is 13. The van der Waals surface area contributed by atoms with Crippen molar-refractivity contribution in [3.05, 3.63) is 119 Å². The Morgan fingerprint density at radius 2 is 0.591 bits per heavy atom. The van der Waals surface area contributed by atoms with Gasteiger partial charge < -0.3 is 62.7 Å². The van der Waals surface area contributed by atoms with Crippen LogP contribution in [-0.2, 0) is 52.1 Å². The van der Waals surface area contributed by atoms with Gasteiger partial charge in [-0.1, -0.05) is 97.1 Å². The van der Waals surface area contributed by atoms with E-state index in [4.69, 9.17) is 52.1 Å². The topological polar surface area (TPSA) is 160 Å². The molecule has 358 valence electrons. The monoisotopic (exact) mass is 914 g/mol. The molecule has 2 aliphatic rings. The predicted octanol–water partition coefficient (Wildman–Crippen LogP) is 6.60. The summed E-state index contributed by atoms with van der Waals surface area (Å²) in [5.74, 6) is 0.0746. The van der Waals surface area contributed by atoms with Crippen molar-refractivity contribution in [2.24, 2.45) is 0 Å². The number of fused-ring (bicyclic) bond motifs is 6. The first-order valence-electron chi connectivity index (χ1n) is 23.1. The molecule has 0 fully saturated rings. The molecule has 0 heterocycles. The fraction of sp³-hybridized carbons (Fsp3) is 0.490. The SMILES string of the molecule is O=C(NCCCOCCOCCOCCOCCOCCOCCOCCOCCOCCNC(=O)OCC1c2ccccc2-c2ccccc21)OCC1c2ccccc2-c2ccccc21. The van der Waals surface area contributed by atoms with Gasteiger partial charge in [0.25, 0.3) is 0 Å². The van der Waals surface area contributed by atoms with Crippen LogP contribution >= 0.6 is 0 Å². The van der Waals surface area contributed by atoms with E-state index in [-0.39, 0.29) is 18.4 Å². The van der Waals surface area contributed by atoms with Gasteiger partial charge in [0, 0.05) is 31.5 Å². The molecular formula is C51H66N2O13. The highest BCUT2D eigenvalue weighted by Crippen LogP contribution is 2.45. The number of benzene rings is 4. The third kappa shape index (κ3) is 17.0. The molecule has 0 radical (unpaired) electrons. The molecular weight excluding hydrogens is 849 g/mol. The number of carbonyl (C=O) groups excluding carboxylic acids is 2. The van der Waals surface area contributed by atoms with E-state index in [1.807, 2.05) is 48.5 Å². The number of alkyl carbamates (subject to hydrolysis) is 2. The lowest BCUT2D eigenvalue weighted by atomic mass is 9.98. The summed E-state index contributed by atoms with van der Waals surface area (Å²) in [7, 11) is 0. The van der Waals surface area contributed by atoms with Crippen LogP contribution in [0.5, 0.6) is 0 Å². The summed E-state index contributed by atoms with van der Waals surface area (Å²) in [6, 6.07) is 33.1. The first-order valence-corrected chi connectivity index (χ1v) is 23.1. The zero-order valence-corrected chi connectivity index (χ0v) is 38.0. The van der Waals surface area contributed by atoms with Gasteiger partial charge in [-0.15, -0.1) is 0 Å². The normalized spacial score (nSPS) is 12.7. The van der Waals surface area contributed by atoms with Crippen molar-refractivity contribution in [3.63, 3.8) is 0 Å². The Morgan fingerprint density at radius 3 is 0.909 bits per heavy atom. The lowest BCUT2D eigenvalue weighted by molar-refractivity contribution is -0.0249. The highest BCUT2D eigenvalue weighted by molar-refractivity contribution is 5.80. The second-order valence-corrected chi connectivity index (χ2v) is 15.4. The third-order valence-electron chi connectivity index (χ3n) is 10.9. The maximum Gasteiger partial charge on any atom is 0.407 e. The minimum absolute atomic E-state index is 0.0310. The minimum Gasteiger partial charge on any atom is -0.449 e. The molecule has 0 saturated carbocycles. The highest BCUT2D eigenvalue weighted by atomic mass is 16.6. The summed E-state index contributed by atoms with van der Waals surface area (Å²) in [6.45, 7) is 9.73. The molecule has 0 aliphatic heterocycles. The van der Waals surface area contributed by atoms with Gasteiger partial charge in [0.15, 0.2) is 0 Å². The van der Waals surface area contributed by atoms with Crippen LogP contribution in [0.15, 0.2) is 97.1 Å². The van der Waals surface area contributed by atoms with Crippen molar-refractivity contribution in [1.82, 2.24) is 10.6 Å². The Hall–Kier alpha value is -4.94. The number of rotatable bonds is 35. The standard InChI is InChI=1S/C51H66N2O13/c54-50(65-38-48-44-14-5-1-10-40(44)41-11-2-6-15-45(41)48)52-18-9-20-56-22-24-58-26-28-60-30-32-62-34-36-64-37-35-63-33-31-61-29-27-59-25-23-57-21-19-53-51(55)66-39-49-46-16-7-3-12-42(46)43-13-4-8-17-47(43)49/h1-8,10-17,48-49H,9,18-39H2,(H,52,54)(H,53,55). The molecule has 6 rings (SSSR count). The Morgan fingerprint density at radius 1 is 0.333 bits per heavy atom. The van der Waals surface area contributed by atoms with Crippen LogP contribution in [0.1, 0.15) is 40.5 Å². The van der Waals surface area contributed by atoms with E-state index in [0.717, 1.165) is 0 Å². The molecule has 0 atom stereocenters. The second kappa shape index (κ2) is 30.4. The van der Waals surface area contributed by atoms with Gasteiger partial charge in [-0.2, -0.15) is 0 Å². The van der Waals surface area contributed by atoms with Gasteiger partial charge in [-0.05, 0) is 50.9 Å². The first-order chi connectivity index (χ1) is 32.7. The lowest BCUT2D eigenvalue weighted by Gasteiger charge is -2.14. The summed E-state index contributed by atoms with van der Waals surface area (Å²) in [5, 5.41) is 5.55. The number of hydrogen-bond donors (Lipinski definition) is 2. The molecule has 0 aromatic heterocycles. The fourth-order valence-corrected chi connectivity index (χ4v) is 7.75. The van der Waals surface area contributed by atoms with Crippen molar-refractivity contribution in [2.75, 3.05) is 145 Å². The number of amides is 2. The molecule has 4 aromatic rings. The highest BCUT2D eigenvalue weighted by Gasteiger charge is 2.30. The van der Waals surface area contributed by atoms with Crippen LogP contribution in [0.3, 0.4) is 0 Å². The molecule has 0 spiro atoms. The molecule has 66 heavy (non-hydrogen) atoms. The van der Waals surface area contributed by atoms with E-state index in [1.165, 1.54) is 44.5 Å². The van der Waals surface area contributed by atoms with Crippen molar-refractivity contribution in [2.45, 2.75) is 18.3 Å². The van der Waals surface area contributed by atoms with Crippen LogP contribution in [0.4, 0.5) is 9.59 Å².